The first-order valence-corrected chi connectivity index (χ1v) is 24.5. The topological polar surface area (TPSA) is 125 Å². The minimum atomic E-state index is -1.12. The van der Waals surface area contributed by atoms with E-state index in [1.54, 1.807) is 0 Å². The molecule has 64 heavy (non-hydrogen) atoms. The highest BCUT2D eigenvalue weighted by Gasteiger charge is 2.49. The van der Waals surface area contributed by atoms with Crippen LogP contribution in [0, 0.1) is 49.4 Å². The molecule has 1 saturated heterocycles. The van der Waals surface area contributed by atoms with Gasteiger partial charge in [-0.15, -0.1) is 0 Å². The molecule has 9 nitrogen and oxygen atoms in total. The minimum absolute atomic E-state index is 0.000934. The molecule has 9 heteroatoms. The molecule has 4 N–H and O–H groups in total. The molecule has 5 heterocycles. The van der Waals surface area contributed by atoms with Gasteiger partial charge in [0.2, 0.25) is 0 Å². The van der Waals surface area contributed by atoms with Gasteiger partial charge in [-0.3, -0.25) is 14.4 Å². The number of rotatable bonds is 20. The lowest BCUT2D eigenvalue weighted by molar-refractivity contribution is -0.143. The van der Waals surface area contributed by atoms with Crippen LogP contribution >= 0.6 is 0 Å². The Morgan fingerprint density at radius 2 is 1.58 bits per heavy atom. The fourth-order valence-corrected chi connectivity index (χ4v) is 10.8. The fourth-order valence-electron chi connectivity index (χ4n) is 10.8. The van der Waals surface area contributed by atoms with Gasteiger partial charge in [-0.25, -0.2) is 0 Å². The van der Waals surface area contributed by atoms with Crippen LogP contribution in [0.4, 0.5) is 0 Å². The van der Waals surface area contributed by atoms with Crippen LogP contribution in [-0.2, 0) is 19.1 Å². The van der Waals surface area contributed by atoms with Crippen molar-refractivity contribution < 1.29 is 23.9 Å². The molecular formula is C55H78N4O5. The summed E-state index contributed by atoms with van der Waals surface area (Å²) in [5, 5.41) is 9.53. The Morgan fingerprint density at radius 1 is 0.891 bits per heavy atom. The number of hydrogen-bond donors (Lipinski definition) is 4. The van der Waals surface area contributed by atoms with Gasteiger partial charge >= 0.3 is 11.9 Å². The molecule has 0 saturated carbocycles. The van der Waals surface area contributed by atoms with E-state index in [4.69, 9.17) is 9.47 Å². The van der Waals surface area contributed by atoms with Gasteiger partial charge in [0, 0.05) is 62.9 Å². The summed E-state index contributed by atoms with van der Waals surface area (Å²) >= 11 is 0. The summed E-state index contributed by atoms with van der Waals surface area (Å²) in [7, 11) is 1.33. The summed E-state index contributed by atoms with van der Waals surface area (Å²) < 4.78 is 11.1. The number of carbonyl (C=O) groups is 3. The Bertz CT molecular complexity index is 2330. The molecule has 2 aromatic rings. The van der Waals surface area contributed by atoms with Crippen molar-refractivity contribution in [2.45, 2.75) is 158 Å². The molecule has 4 aliphatic rings. The van der Waals surface area contributed by atoms with E-state index in [0.717, 1.165) is 81.5 Å². The number of H-pyrrole nitrogens is 2. The van der Waals surface area contributed by atoms with Crippen molar-refractivity contribution in [2.75, 3.05) is 13.7 Å². The zero-order valence-corrected chi connectivity index (χ0v) is 40.9. The van der Waals surface area contributed by atoms with Crippen molar-refractivity contribution >= 4 is 47.6 Å². The number of hydrogen-bond acceptors (Lipinski definition) is 7. The molecule has 0 amide bonds. The zero-order valence-electron chi connectivity index (χ0n) is 40.9. The van der Waals surface area contributed by atoms with Crippen LogP contribution in [0.2, 0.25) is 0 Å². The lowest BCUT2D eigenvalue weighted by atomic mass is 9.83. The van der Waals surface area contributed by atoms with E-state index in [-0.39, 0.29) is 48.7 Å². The number of methoxy groups -OCH3 is 1. The Hall–Kier alpha value is -4.79. The molecular weight excluding hydrogens is 797 g/mol. The number of ether oxygens (including phenoxy) is 2. The largest absolute Gasteiger partial charge is 0.468 e. The van der Waals surface area contributed by atoms with E-state index in [2.05, 4.69) is 108 Å². The maximum Gasteiger partial charge on any atom is 0.321 e. The minimum Gasteiger partial charge on any atom is -0.468 e. The summed E-state index contributed by atoms with van der Waals surface area (Å²) in [6.45, 7) is 26.6. The van der Waals surface area contributed by atoms with Crippen LogP contribution < -0.4 is 21.3 Å². The number of fused-ring (bicyclic) bond motifs is 7. The predicted molar refractivity (Wildman–Crippen MR) is 262 cm³/mol. The summed E-state index contributed by atoms with van der Waals surface area (Å²) in [5.74, 6) is -0.0837. The molecule has 0 spiro atoms. The molecule has 3 aliphatic heterocycles. The molecule has 7 atom stereocenters. The second-order valence-corrected chi connectivity index (χ2v) is 20.1. The van der Waals surface area contributed by atoms with Gasteiger partial charge < -0.3 is 30.1 Å². The Labute approximate surface area is 383 Å². The highest BCUT2D eigenvalue weighted by molar-refractivity contribution is 6.24. The number of allylic oxidation sites excluding steroid dienone is 3. The molecule has 8 bridgehead atoms. The molecule has 1 unspecified atom stereocenters. The van der Waals surface area contributed by atoms with Gasteiger partial charge in [0.25, 0.3) is 0 Å². The molecule has 6 rings (SSSR count). The molecule has 1 fully saturated rings. The fraction of sp³-hybridized carbons (Fsp3) is 0.582. The van der Waals surface area contributed by atoms with Gasteiger partial charge in [-0.05, 0) is 124 Å². The van der Waals surface area contributed by atoms with Crippen molar-refractivity contribution in [3.8, 4) is 0 Å². The van der Waals surface area contributed by atoms with E-state index in [1.807, 2.05) is 19.1 Å². The van der Waals surface area contributed by atoms with Crippen LogP contribution in [0.5, 0.6) is 0 Å². The van der Waals surface area contributed by atoms with E-state index < -0.39 is 11.9 Å². The number of carbonyl (C=O) groups excluding carboxylic acids is 3. The maximum absolute atomic E-state index is 14.4. The number of nitrogens with one attached hydrogen (secondary N) is 4. The summed E-state index contributed by atoms with van der Waals surface area (Å²) in [6, 6.07) is -0.208. The molecule has 0 radical (unpaired) electrons. The van der Waals surface area contributed by atoms with Crippen molar-refractivity contribution in [1.82, 2.24) is 20.6 Å². The van der Waals surface area contributed by atoms with Crippen LogP contribution in [0.1, 0.15) is 171 Å². The first-order chi connectivity index (χ1) is 30.6. The van der Waals surface area contributed by atoms with Gasteiger partial charge in [0.05, 0.1) is 18.8 Å². The van der Waals surface area contributed by atoms with E-state index in [1.165, 1.54) is 68.8 Å². The first kappa shape index (κ1) is 48.7. The first-order valence-electron chi connectivity index (χ1n) is 24.5. The van der Waals surface area contributed by atoms with E-state index in [0.29, 0.717) is 23.3 Å². The van der Waals surface area contributed by atoms with Crippen molar-refractivity contribution in [2.24, 2.45) is 35.5 Å². The van der Waals surface area contributed by atoms with Gasteiger partial charge in [-0.2, -0.15) is 0 Å². The molecule has 2 aromatic heterocycles. The standard InChI is InChI=1S/C55H78N4O5/c1-13-39-35(8)42-28-44-37(10)41(24-25-48(60)64-27-26-34(7)23-17-22-33(6)21-16-20-32(5)19-15-18-31(3)4)52(58-44)50-51(55(62)63-12)54(61)49-38(11)45(59-53(49)50)30-47-40(14-2)36(9)43(57-47)29-46(39)56-42/h13,26,28-33,37,41,43-44,51,56-59H,1,14-25,27H2,2-12H3/b34-26+,42-28-,46-29-,47-30-,52-50-/t32-,33-,37+,41+,43+,44?,51-/m1/s1. The third-order valence-corrected chi connectivity index (χ3v) is 14.9. The quantitative estimate of drug-likeness (QED) is 0.0593. The average molecular weight is 875 g/mol. The summed E-state index contributed by atoms with van der Waals surface area (Å²) in [4.78, 5) is 48.8. The monoisotopic (exact) mass is 875 g/mol. The normalized spacial score (nSPS) is 25.5. The van der Waals surface area contributed by atoms with Crippen LogP contribution in [0.3, 0.4) is 0 Å². The lowest BCUT2D eigenvalue weighted by Crippen LogP contribution is -2.29. The van der Waals surface area contributed by atoms with Crippen molar-refractivity contribution in [3.05, 3.63) is 85.1 Å². The summed E-state index contributed by atoms with van der Waals surface area (Å²) in [5.41, 5.74) is 11.0. The second kappa shape index (κ2) is 21.5. The van der Waals surface area contributed by atoms with E-state index in [9.17, 15) is 14.4 Å². The van der Waals surface area contributed by atoms with Crippen molar-refractivity contribution in [1.29, 1.82) is 0 Å². The van der Waals surface area contributed by atoms with Gasteiger partial charge in [-0.1, -0.05) is 105 Å². The molecule has 1 aliphatic carbocycles. The number of esters is 2. The van der Waals surface area contributed by atoms with E-state index >= 15 is 0 Å². The van der Waals surface area contributed by atoms with Gasteiger partial charge in [0.15, 0.2) is 5.78 Å². The predicted octanol–water partition coefficient (Wildman–Crippen LogP) is 10.5. The number of Topliss-reactive ketones (excluding diaryl/α,β-unsaturated/α-hetero) is 1. The van der Waals surface area contributed by atoms with Crippen molar-refractivity contribution in [3.63, 3.8) is 0 Å². The SMILES string of the molecule is C=Cc1c(C)/c2[nH]/c1=C\[C@@H]1N/C(=C\c3[nH]c4c(c3C)C(=O)[C@H](C(=O)OC)/C4=C3/NC(\C=2)[C@@H](C)[C@@H]3CCC(=O)OC/C=C(\C)CCC[C@H](C)CCC[C@H](C)CCCC(C)C)C(CC)=C1C. The highest BCUT2D eigenvalue weighted by Crippen LogP contribution is 2.48. The summed E-state index contributed by atoms with van der Waals surface area (Å²) in [6.07, 6.45) is 23.4. The lowest BCUT2D eigenvalue weighted by Gasteiger charge is -2.20. The Balaban J connectivity index is 1.20. The number of ketones is 1. The highest BCUT2D eigenvalue weighted by atomic mass is 16.5. The average Bonchev–Trinajstić information content (AvgIpc) is 3.99. The van der Waals surface area contributed by atoms with Gasteiger partial charge in [0.1, 0.15) is 12.5 Å². The maximum atomic E-state index is 14.4. The molecule has 0 aromatic carbocycles. The second-order valence-electron chi connectivity index (χ2n) is 20.1. The third-order valence-electron chi connectivity index (χ3n) is 14.9. The van der Waals surface area contributed by atoms with Crippen LogP contribution in [0.25, 0.3) is 29.9 Å². The number of aromatic nitrogens is 2. The zero-order chi connectivity index (χ0) is 46.4. The van der Waals surface area contributed by atoms with Crippen LogP contribution in [-0.4, -0.2) is 53.5 Å². The van der Waals surface area contributed by atoms with Crippen LogP contribution in [0.15, 0.2) is 40.8 Å². The third kappa shape index (κ3) is 10.7. The Kier molecular flexibility index (Phi) is 16.3. The Morgan fingerprint density at radius 3 is 2.23 bits per heavy atom. The smallest absolute Gasteiger partial charge is 0.321 e. The molecule has 348 valence electrons. The number of aromatic amines is 2.